The van der Waals surface area contributed by atoms with Gasteiger partial charge in [-0.25, -0.2) is 0 Å². The number of aliphatic hydroxyl groups excluding tert-OH is 1. The van der Waals surface area contributed by atoms with E-state index in [1.54, 1.807) is 12.2 Å². The molecule has 0 radical (unpaired) electrons. The van der Waals surface area contributed by atoms with Crippen molar-refractivity contribution < 1.29 is 19.6 Å². The van der Waals surface area contributed by atoms with Crippen LogP contribution in [0.1, 0.15) is 19.4 Å². The highest BCUT2D eigenvalue weighted by atomic mass is 16.6. The number of fused-ring (bicyclic) bond motifs is 1. The summed E-state index contributed by atoms with van der Waals surface area (Å²) in [6.45, 7) is 4.51. The number of nitro groups is 1. The third kappa shape index (κ3) is 3.25. The van der Waals surface area contributed by atoms with Gasteiger partial charge in [-0.05, 0) is 23.8 Å². The fourth-order valence-corrected chi connectivity index (χ4v) is 3.64. The number of nitrogens with zero attached hydrogens (tertiary/aromatic N) is 2. The number of ketones is 1. The minimum atomic E-state index is -0.556. The van der Waals surface area contributed by atoms with Crippen molar-refractivity contribution in [2.45, 2.75) is 19.3 Å². The van der Waals surface area contributed by atoms with E-state index in [-0.39, 0.29) is 29.1 Å². The zero-order valence-corrected chi connectivity index (χ0v) is 16.0. The van der Waals surface area contributed by atoms with Gasteiger partial charge in [-0.1, -0.05) is 32.0 Å². The normalized spacial score (nSPS) is 20.9. The number of rotatable bonds is 5. The van der Waals surface area contributed by atoms with E-state index >= 15 is 0 Å². The van der Waals surface area contributed by atoms with Crippen molar-refractivity contribution >= 4 is 11.5 Å². The first-order chi connectivity index (χ1) is 13.3. The van der Waals surface area contributed by atoms with Crippen LogP contribution in [-0.2, 0) is 14.9 Å². The first-order valence-electron chi connectivity index (χ1n) is 8.88. The molecule has 0 amide bonds. The summed E-state index contributed by atoms with van der Waals surface area (Å²) < 4.78 is 5.00. The molecule has 7 nitrogen and oxygen atoms in total. The Kier molecular flexibility index (Phi) is 5.20. The van der Waals surface area contributed by atoms with Crippen molar-refractivity contribution in [3.63, 3.8) is 0 Å². The number of allylic oxidation sites excluding steroid dienone is 6. The second kappa shape index (κ2) is 7.44. The number of carbonyl (C=O) groups is 1. The first-order valence-corrected chi connectivity index (χ1v) is 8.88. The van der Waals surface area contributed by atoms with E-state index in [0.717, 1.165) is 23.0 Å². The maximum absolute atomic E-state index is 12.5. The van der Waals surface area contributed by atoms with E-state index in [9.17, 15) is 20.0 Å². The van der Waals surface area contributed by atoms with Gasteiger partial charge in [-0.3, -0.25) is 14.9 Å². The lowest BCUT2D eigenvalue weighted by atomic mass is 9.83. The largest absolute Gasteiger partial charge is 0.492 e. The van der Waals surface area contributed by atoms with Crippen LogP contribution in [0.3, 0.4) is 0 Å². The Morgan fingerprint density at radius 1 is 1.25 bits per heavy atom. The molecule has 0 aromatic heterocycles. The van der Waals surface area contributed by atoms with E-state index in [0.29, 0.717) is 6.54 Å². The SMILES string of the molecule is COC1=CC([N+](=O)[O-])=CC(=CC=C2N(CCO)c3ccccc3C2(C)C)C1=O. The highest BCUT2D eigenvalue weighted by Crippen LogP contribution is 2.47. The van der Waals surface area contributed by atoms with Crippen LogP contribution in [0.15, 0.2) is 71.3 Å². The lowest BCUT2D eigenvalue weighted by molar-refractivity contribution is -0.419. The van der Waals surface area contributed by atoms with Crippen LogP contribution in [0.25, 0.3) is 0 Å². The van der Waals surface area contributed by atoms with Gasteiger partial charge >= 0.3 is 0 Å². The van der Waals surface area contributed by atoms with Crippen molar-refractivity contribution in [2.24, 2.45) is 0 Å². The summed E-state index contributed by atoms with van der Waals surface area (Å²) in [7, 11) is 1.31. The minimum absolute atomic E-state index is 0.0286. The van der Waals surface area contributed by atoms with Gasteiger partial charge < -0.3 is 14.7 Å². The summed E-state index contributed by atoms with van der Waals surface area (Å²) in [5, 5.41) is 20.7. The summed E-state index contributed by atoms with van der Waals surface area (Å²) in [6, 6.07) is 7.93. The predicted octanol–water partition coefficient (Wildman–Crippen LogP) is 2.86. The number of aliphatic hydroxyl groups is 1. The van der Waals surface area contributed by atoms with Crippen LogP contribution >= 0.6 is 0 Å². The van der Waals surface area contributed by atoms with E-state index in [4.69, 9.17) is 4.74 Å². The molecule has 0 fully saturated rings. The zero-order valence-electron chi connectivity index (χ0n) is 16.0. The van der Waals surface area contributed by atoms with Gasteiger partial charge in [-0.15, -0.1) is 0 Å². The van der Waals surface area contributed by atoms with Gasteiger partial charge in [-0.2, -0.15) is 0 Å². The molecule has 146 valence electrons. The molecule has 0 spiro atoms. The van der Waals surface area contributed by atoms with Gasteiger partial charge in [0.2, 0.25) is 5.78 Å². The molecular weight excluding hydrogens is 360 g/mol. The molecule has 0 saturated carbocycles. The molecule has 1 heterocycles. The predicted molar refractivity (Wildman–Crippen MR) is 105 cm³/mol. The lowest BCUT2D eigenvalue weighted by Gasteiger charge is -2.26. The van der Waals surface area contributed by atoms with Crippen molar-refractivity contribution in [3.05, 3.63) is 87.0 Å². The number of para-hydroxylation sites is 1. The fraction of sp³-hybridized carbons (Fsp3) is 0.286. The zero-order chi connectivity index (χ0) is 20.5. The quantitative estimate of drug-likeness (QED) is 0.478. The van der Waals surface area contributed by atoms with Crippen LogP contribution < -0.4 is 4.90 Å². The third-order valence-electron chi connectivity index (χ3n) is 5.04. The van der Waals surface area contributed by atoms with Gasteiger partial charge in [0, 0.05) is 35.0 Å². The molecule has 0 unspecified atom stereocenters. The number of hydrogen-bond donors (Lipinski definition) is 1. The summed E-state index contributed by atoms with van der Waals surface area (Å²) in [4.78, 5) is 25.1. The first kappa shape index (κ1) is 19.6. The van der Waals surface area contributed by atoms with Crippen LogP contribution in [0.5, 0.6) is 0 Å². The number of Topliss-reactive ketones (excluding diaryl/α,β-unsaturated/α-hetero) is 1. The van der Waals surface area contributed by atoms with Crippen molar-refractivity contribution in [1.29, 1.82) is 0 Å². The van der Waals surface area contributed by atoms with E-state index in [1.807, 2.05) is 29.2 Å². The monoisotopic (exact) mass is 382 g/mol. The minimum Gasteiger partial charge on any atom is -0.492 e. The fourth-order valence-electron chi connectivity index (χ4n) is 3.64. The van der Waals surface area contributed by atoms with Crippen LogP contribution in [0.2, 0.25) is 0 Å². The number of ether oxygens (including phenoxy) is 1. The maximum atomic E-state index is 12.5. The Morgan fingerprint density at radius 3 is 2.61 bits per heavy atom. The molecule has 28 heavy (non-hydrogen) atoms. The molecule has 1 aromatic rings. The second-order valence-corrected chi connectivity index (χ2v) is 7.06. The van der Waals surface area contributed by atoms with Crippen LogP contribution in [-0.4, -0.2) is 36.1 Å². The van der Waals surface area contributed by atoms with Crippen molar-refractivity contribution in [3.8, 4) is 0 Å². The Bertz CT molecular complexity index is 953. The van der Waals surface area contributed by atoms with Crippen LogP contribution in [0.4, 0.5) is 5.69 Å². The van der Waals surface area contributed by atoms with E-state index in [1.165, 1.54) is 13.2 Å². The Labute approximate surface area is 163 Å². The maximum Gasteiger partial charge on any atom is 0.274 e. The number of benzene rings is 1. The van der Waals surface area contributed by atoms with Crippen LogP contribution in [0, 0.1) is 10.1 Å². The lowest BCUT2D eigenvalue weighted by Crippen LogP contribution is -2.28. The Balaban J connectivity index is 2.08. The molecule has 1 aromatic carbocycles. The standard InChI is InChI=1S/C21H22N2O5/c1-21(2)16-6-4-5-7-17(16)22(10-11-24)19(21)9-8-14-12-15(23(26)27)13-18(28-3)20(14)25/h4-9,12-13,24H,10-11H2,1-3H3. The number of methoxy groups -OCH3 is 1. The third-order valence-corrected chi connectivity index (χ3v) is 5.04. The average molecular weight is 382 g/mol. The Hall–Kier alpha value is -3.19. The van der Waals surface area contributed by atoms with Gasteiger partial charge in [0.15, 0.2) is 5.76 Å². The molecule has 0 atom stereocenters. The number of carbonyl (C=O) groups excluding carboxylic acids is 1. The number of hydrogen-bond acceptors (Lipinski definition) is 6. The van der Waals surface area contributed by atoms with Gasteiger partial charge in [0.25, 0.3) is 5.70 Å². The summed E-state index contributed by atoms with van der Waals surface area (Å²) >= 11 is 0. The molecule has 0 bridgehead atoms. The number of anilines is 1. The molecule has 2 aliphatic rings. The highest BCUT2D eigenvalue weighted by molar-refractivity contribution is 6.10. The molecule has 1 N–H and O–H groups in total. The highest BCUT2D eigenvalue weighted by Gasteiger charge is 2.39. The smallest absolute Gasteiger partial charge is 0.274 e. The second-order valence-electron chi connectivity index (χ2n) is 7.06. The summed E-state index contributed by atoms with van der Waals surface area (Å²) in [5.74, 6) is -0.480. The molecule has 1 aliphatic carbocycles. The Morgan fingerprint density at radius 2 is 1.96 bits per heavy atom. The molecular formula is C21H22N2O5. The van der Waals surface area contributed by atoms with Gasteiger partial charge in [0.1, 0.15) is 0 Å². The molecule has 1 aliphatic heterocycles. The number of β-amino-alcohol motifs (C(OH)–C–C–N with tert-alkyl or cyclic N) is 1. The summed E-state index contributed by atoms with van der Waals surface area (Å²) in [5.41, 5.74) is 2.63. The topological polar surface area (TPSA) is 92.9 Å². The molecule has 0 saturated heterocycles. The van der Waals surface area contributed by atoms with Crippen molar-refractivity contribution in [1.82, 2.24) is 0 Å². The molecule has 7 heteroatoms. The summed E-state index contributed by atoms with van der Waals surface area (Å²) in [6.07, 6.45) is 5.73. The van der Waals surface area contributed by atoms with Crippen molar-refractivity contribution in [2.75, 3.05) is 25.2 Å². The van der Waals surface area contributed by atoms with E-state index < -0.39 is 10.7 Å². The average Bonchev–Trinajstić information content (AvgIpc) is 2.88. The van der Waals surface area contributed by atoms with E-state index in [2.05, 4.69) is 13.8 Å². The van der Waals surface area contributed by atoms with Gasteiger partial charge in [0.05, 0.1) is 24.7 Å². The molecule has 3 rings (SSSR count).